The lowest BCUT2D eigenvalue weighted by Crippen LogP contribution is -2.38. The van der Waals surface area contributed by atoms with E-state index >= 15 is 0 Å². The van der Waals surface area contributed by atoms with Crippen LogP contribution in [0.3, 0.4) is 0 Å². The molecule has 0 bridgehead atoms. The summed E-state index contributed by atoms with van der Waals surface area (Å²) < 4.78 is 11.5. The first-order valence-corrected chi connectivity index (χ1v) is 8.14. The molecule has 120 valence electrons. The molecule has 1 heterocycles. The van der Waals surface area contributed by atoms with Crippen molar-refractivity contribution >= 4 is 0 Å². The summed E-state index contributed by atoms with van der Waals surface area (Å²) in [5.41, 5.74) is 0.0161. The van der Waals surface area contributed by atoms with E-state index in [1.807, 2.05) is 13.8 Å². The van der Waals surface area contributed by atoms with Crippen LogP contribution in [0.15, 0.2) is 4.52 Å². The Balaban J connectivity index is 2.19. The standard InChI is InChI=1S/C16H29N3O2/c1-6-17-12(3)13-18-14(19-21-13)16(20-7-2)10-8-15(4,5)9-11-16/h12,17H,6-11H2,1-5H3. The van der Waals surface area contributed by atoms with Gasteiger partial charge in [-0.05, 0) is 51.5 Å². The molecule has 0 radical (unpaired) electrons. The Bertz CT molecular complexity index is 446. The van der Waals surface area contributed by atoms with Crippen LogP contribution in [-0.4, -0.2) is 23.3 Å². The molecule has 0 aromatic carbocycles. The van der Waals surface area contributed by atoms with E-state index in [9.17, 15) is 0 Å². The summed E-state index contributed by atoms with van der Waals surface area (Å²) in [6.45, 7) is 12.3. The van der Waals surface area contributed by atoms with Crippen molar-refractivity contribution in [2.75, 3.05) is 13.2 Å². The number of ether oxygens (including phenoxy) is 1. The van der Waals surface area contributed by atoms with Gasteiger partial charge in [0.1, 0.15) is 5.60 Å². The monoisotopic (exact) mass is 295 g/mol. The molecule has 2 rings (SSSR count). The van der Waals surface area contributed by atoms with Crippen molar-refractivity contribution in [2.45, 2.75) is 71.9 Å². The molecular weight excluding hydrogens is 266 g/mol. The minimum absolute atomic E-state index is 0.0787. The van der Waals surface area contributed by atoms with Crippen LogP contribution in [0.5, 0.6) is 0 Å². The van der Waals surface area contributed by atoms with Crippen LogP contribution < -0.4 is 5.32 Å². The topological polar surface area (TPSA) is 60.2 Å². The number of nitrogens with zero attached hydrogens (tertiary/aromatic N) is 2. The Morgan fingerprint density at radius 3 is 2.48 bits per heavy atom. The lowest BCUT2D eigenvalue weighted by atomic mass is 9.70. The normalized spacial score (nSPS) is 22.1. The summed E-state index contributed by atoms with van der Waals surface area (Å²) in [6, 6.07) is 0.0787. The Labute approximate surface area is 127 Å². The van der Waals surface area contributed by atoms with E-state index in [1.54, 1.807) is 0 Å². The molecular formula is C16H29N3O2. The number of aromatic nitrogens is 2. The van der Waals surface area contributed by atoms with Crippen molar-refractivity contribution in [1.82, 2.24) is 15.5 Å². The Morgan fingerprint density at radius 2 is 1.90 bits per heavy atom. The molecule has 5 nitrogen and oxygen atoms in total. The van der Waals surface area contributed by atoms with Crippen molar-refractivity contribution in [1.29, 1.82) is 0 Å². The van der Waals surface area contributed by atoms with Crippen molar-refractivity contribution < 1.29 is 9.26 Å². The van der Waals surface area contributed by atoms with Gasteiger partial charge in [0.25, 0.3) is 0 Å². The molecule has 1 N–H and O–H groups in total. The average Bonchev–Trinajstić information content (AvgIpc) is 2.92. The highest BCUT2D eigenvalue weighted by Crippen LogP contribution is 2.46. The van der Waals surface area contributed by atoms with Gasteiger partial charge < -0.3 is 14.6 Å². The molecule has 21 heavy (non-hydrogen) atoms. The zero-order valence-electron chi connectivity index (χ0n) is 14.0. The van der Waals surface area contributed by atoms with Gasteiger partial charge in [-0.2, -0.15) is 4.98 Å². The molecule has 0 aliphatic heterocycles. The smallest absolute Gasteiger partial charge is 0.243 e. The SMILES string of the molecule is CCNC(C)c1nc(C2(OCC)CCC(C)(C)CC2)no1. The molecule has 1 atom stereocenters. The van der Waals surface area contributed by atoms with Gasteiger partial charge in [-0.25, -0.2) is 0 Å². The molecule has 0 spiro atoms. The van der Waals surface area contributed by atoms with Gasteiger partial charge in [0.05, 0.1) is 6.04 Å². The molecule has 0 amide bonds. The molecule has 5 heteroatoms. The molecule has 1 aromatic heterocycles. The highest BCUT2D eigenvalue weighted by atomic mass is 16.5. The molecule has 1 saturated carbocycles. The van der Waals surface area contributed by atoms with Gasteiger partial charge in [-0.15, -0.1) is 0 Å². The fraction of sp³-hybridized carbons (Fsp3) is 0.875. The van der Waals surface area contributed by atoms with Crippen LogP contribution in [0.25, 0.3) is 0 Å². The fourth-order valence-corrected chi connectivity index (χ4v) is 3.03. The molecule has 1 aliphatic rings. The Kier molecular flexibility index (Phi) is 5.04. The quantitative estimate of drug-likeness (QED) is 0.869. The van der Waals surface area contributed by atoms with Crippen molar-refractivity contribution in [3.05, 3.63) is 11.7 Å². The third-order valence-electron chi connectivity index (χ3n) is 4.56. The second-order valence-electron chi connectivity index (χ2n) is 6.83. The van der Waals surface area contributed by atoms with Gasteiger partial charge in [0.2, 0.25) is 11.7 Å². The zero-order valence-corrected chi connectivity index (χ0v) is 14.0. The summed E-state index contributed by atoms with van der Waals surface area (Å²) in [4.78, 5) is 4.63. The number of rotatable bonds is 6. The molecule has 1 aromatic rings. The van der Waals surface area contributed by atoms with Gasteiger partial charge >= 0.3 is 0 Å². The third kappa shape index (κ3) is 3.64. The molecule has 1 fully saturated rings. The van der Waals surface area contributed by atoms with Gasteiger partial charge in [-0.1, -0.05) is 25.9 Å². The highest BCUT2D eigenvalue weighted by Gasteiger charge is 2.44. The van der Waals surface area contributed by atoms with Crippen LogP contribution >= 0.6 is 0 Å². The van der Waals surface area contributed by atoms with E-state index in [1.165, 1.54) is 0 Å². The first-order chi connectivity index (χ1) is 9.92. The minimum atomic E-state index is -0.363. The number of hydrogen-bond acceptors (Lipinski definition) is 5. The molecule has 0 saturated heterocycles. The van der Waals surface area contributed by atoms with E-state index in [0.717, 1.165) is 38.1 Å². The Hall–Kier alpha value is -0.940. The second kappa shape index (κ2) is 6.44. The van der Waals surface area contributed by atoms with E-state index < -0.39 is 0 Å². The third-order valence-corrected chi connectivity index (χ3v) is 4.56. The van der Waals surface area contributed by atoms with Crippen molar-refractivity contribution in [3.63, 3.8) is 0 Å². The van der Waals surface area contributed by atoms with Gasteiger partial charge in [-0.3, -0.25) is 0 Å². The highest BCUT2D eigenvalue weighted by molar-refractivity contribution is 5.06. The van der Waals surface area contributed by atoms with Crippen LogP contribution in [-0.2, 0) is 10.3 Å². The van der Waals surface area contributed by atoms with E-state index in [2.05, 4.69) is 36.2 Å². The molecule has 1 unspecified atom stereocenters. The first kappa shape index (κ1) is 16.4. The van der Waals surface area contributed by atoms with Gasteiger partial charge in [0.15, 0.2) is 0 Å². The minimum Gasteiger partial charge on any atom is -0.367 e. The van der Waals surface area contributed by atoms with E-state index in [4.69, 9.17) is 9.26 Å². The maximum absolute atomic E-state index is 6.10. The van der Waals surface area contributed by atoms with Gasteiger partial charge in [0, 0.05) is 6.61 Å². The number of hydrogen-bond donors (Lipinski definition) is 1. The van der Waals surface area contributed by atoms with Crippen LogP contribution in [0, 0.1) is 5.41 Å². The van der Waals surface area contributed by atoms with Crippen LogP contribution in [0.4, 0.5) is 0 Å². The summed E-state index contributed by atoms with van der Waals surface area (Å²) in [5.74, 6) is 1.37. The average molecular weight is 295 g/mol. The lowest BCUT2D eigenvalue weighted by molar-refractivity contribution is -0.0957. The maximum atomic E-state index is 6.10. The summed E-state index contributed by atoms with van der Waals surface area (Å²) in [6.07, 6.45) is 4.17. The fourth-order valence-electron chi connectivity index (χ4n) is 3.03. The summed E-state index contributed by atoms with van der Waals surface area (Å²) >= 11 is 0. The van der Waals surface area contributed by atoms with Crippen LogP contribution in [0.2, 0.25) is 0 Å². The zero-order chi connectivity index (χ0) is 15.5. The lowest BCUT2D eigenvalue weighted by Gasteiger charge is -2.41. The number of nitrogens with one attached hydrogen (secondary N) is 1. The van der Waals surface area contributed by atoms with Crippen LogP contribution in [0.1, 0.15) is 78.1 Å². The predicted molar refractivity (Wildman–Crippen MR) is 81.9 cm³/mol. The maximum Gasteiger partial charge on any atom is 0.243 e. The van der Waals surface area contributed by atoms with Crippen molar-refractivity contribution in [2.24, 2.45) is 5.41 Å². The summed E-state index contributed by atoms with van der Waals surface area (Å²) in [5, 5.41) is 7.53. The van der Waals surface area contributed by atoms with E-state index in [-0.39, 0.29) is 11.6 Å². The van der Waals surface area contributed by atoms with Crippen molar-refractivity contribution in [3.8, 4) is 0 Å². The Morgan fingerprint density at radius 1 is 1.24 bits per heavy atom. The van der Waals surface area contributed by atoms with E-state index in [0.29, 0.717) is 17.9 Å². The summed E-state index contributed by atoms with van der Waals surface area (Å²) in [7, 11) is 0. The molecule has 1 aliphatic carbocycles. The first-order valence-electron chi connectivity index (χ1n) is 8.14. The predicted octanol–water partition coefficient (Wildman–Crippen LogP) is 3.57. The largest absolute Gasteiger partial charge is 0.367 e. The second-order valence-corrected chi connectivity index (χ2v) is 6.83.